The van der Waals surface area contributed by atoms with Crippen molar-refractivity contribution in [3.8, 4) is 0 Å². The van der Waals surface area contributed by atoms with Crippen LogP contribution in [0.2, 0.25) is 0 Å². The lowest BCUT2D eigenvalue weighted by Gasteiger charge is -2.25. The Balaban J connectivity index is 1.79. The molecule has 0 spiro atoms. The summed E-state index contributed by atoms with van der Waals surface area (Å²) >= 11 is 1.95. The smallest absolute Gasteiger partial charge is 0.317 e. The van der Waals surface area contributed by atoms with Crippen LogP contribution >= 0.6 is 11.8 Å². The van der Waals surface area contributed by atoms with Gasteiger partial charge in [0.25, 0.3) is 0 Å². The van der Waals surface area contributed by atoms with Crippen LogP contribution in [0.1, 0.15) is 31.2 Å². The maximum Gasteiger partial charge on any atom is 0.317 e. The van der Waals surface area contributed by atoms with E-state index in [1.807, 2.05) is 24.8 Å². The van der Waals surface area contributed by atoms with Crippen molar-refractivity contribution in [1.82, 2.24) is 15.4 Å². The molecule has 1 aliphatic heterocycles. The molecule has 0 saturated carbocycles. The molecule has 0 radical (unpaired) electrons. The molecule has 1 unspecified atom stereocenters. The summed E-state index contributed by atoms with van der Waals surface area (Å²) in [6, 6.07) is 1.78. The van der Waals surface area contributed by atoms with Gasteiger partial charge in [-0.25, -0.2) is 4.79 Å². The van der Waals surface area contributed by atoms with Gasteiger partial charge in [0.1, 0.15) is 11.5 Å². The van der Waals surface area contributed by atoms with E-state index in [1.54, 1.807) is 11.9 Å². The molecule has 19 heavy (non-hydrogen) atoms. The number of carbonyl (C=O) groups is 1. The quantitative estimate of drug-likeness (QED) is 0.922. The summed E-state index contributed by atoms with van der Waals surface area (Å²) < 4.78 is 5.19. The molecule has 1 atom stereocenters. The molecule has 1 aromatic rings. The highest BCUT2D eigenvalue weighted by molar-refractivity contribution is 8.00. The lowest BCUT2D eigenvalue weighted by Crippen LogP contribution is -2.43. The zero-order chi connectivity index (χ0) is 13.9. The standard InChI is InChI=1S/C13H21N3O2S/c1-10-7-11(15-18-10)8-16(3)12(17)14-9-13(2)5-4-6-19-13/h7H,4-6,8-9H2,1-3H3,(H,14,17). The summed E-state index contributed by atoms with van der Waals surface area (Å²) in [6.07, 6.45) is 2.41. The number of hydrogen-bond donors (Lipinski definition) is 1. The van der Waals surface area contributed by atoms with Crippen molar-refractivity contribution < 1.29 is 9.32 Å². The number of rotatable bonds is 4. The van der Waals surface area contributed by atoms with Crippen LogP contribution in [0.3, 0.4) is 0 Å². The number of urea groups is 1. The molecule has 6 heteroatoms. The van der Waals surface area contributed by atoms with Crippen LogP contribution in [0.4, 0.5) is 4.79 Å². The highest BCUT2D eigenvalue weighted by atomic mass is 32.2. The van der Waals surface area contributed by atoms with Crippen molar-refractivity contribution in [2.45, 2.75) is 38.0 Å². The molecule has 5 nitrogen and oxygen atoms in total. The van der Waals surface area contributed by atoms with Gasteiger partial charge in [0.15, 0.2) is 0 Å². The number of aryl methyl sites for hydroxylation is 1. The van der Waals surface area contributed by atoms with Gasteiger partial charge in [0.2, 0.25) is 0 Å². The van der Waals surface area contributed by atoms with Crippen LogP contribution in [0.15, 0.2) is 10.6 Å². The largest absolute Gasteiger partial charge is 0.361 e. The van der Waals surface area contributed by atoms with Crippen LogP contribution < -0.4 is 5.32 Å². The molecule has 1 aliphatic rings. The number of aromatic nitrogens is 1. The SMILES string of the molecule is Cc1cc(CN(C)C(=O)NCC2(C)CCCS2)no1. The average Bonchev–Trinajstić information content (AvgIpc) is 2.96. The average molecular weight is 283 g/mol. The summed E-state index contributed by atoms with van der Waals surface area (Å²) in [4.78, 5) is 13.6. The first-order chi connectivity index (χ1) is 8.98. The van der Waals surface area contributed by atoms with Crippen LogP contribution in [-0.2, 0) is 6.54 Å². The molecule has 1 aromatic heterocycles. The Bertz CT molecular complexity index is 441. The van der Waals surface area contributed by atoms with E-state index in [4.69, 9.17) is 4.52 Å². The molecule has 2 amide bonds. The van der Waals surface area contributed by atoms with Crippen LogP contribution in [0.5, 0.6) is 0 Å². The Morgan fingerprint density at radius 3 is 3.05 bits per heavy atom. The highest BCUT2D eigenvalue weighted by Gasteiger charge is 2.30. The van der Waals surface area contributed by atoms with Crippen molar-refractivity contribution in [3.63, 3.8) is 0 Å². The van der Waals surface area contributed by atoms with Gasteiger partial charge in [-0.2, -0.15) is 11.8 Å². The van der Waals surface area contributed by atoms with E-state index < -0.39 is 0 Å². The van der Waals surface area contributed by atoms with Gasteiger partial charge in [0.05, 0.1) is 6.54 Å². The first-order valence-electron chi connectivity index (χ1n) is 6.54. The predicted molar refractivity (Wildman–Crippen MR) is 76.2 cm³/mol. The normalized spacial score (nSPS) is 22.5. The maximum atomic E-state index is 12.0. The summed E-state index contributed by atoms with van der Waals surface area (Å²) in [6.45, 7) is 5.24. The summed E-state index contributed by atoms with van der Waals surface area (Å²) in [5.74, 6) is 1.96. The van der Waals surface area contributed by atoms with Gasteiger partial charge in [-0.05, 0) is 32.4 Å². The van der Waals surface area contributed by atoms with Gasteiger partial charge in [-0.3, -0.25) is 0 Å². The number of amides is 2. The van der Waals surface area contributed by atoms with Gasteiger partial charge in [-0.1, -0.05) is 5.16 Å². The summed E-state index contributed by atoms with van der Waals surface area (Å²) in [7, 11) is 1.77. The van der Waals surface area contributed by atoms with E-state index in [9.17, 15) is 4.79 Å². The molecular formula is C13H21N3O2S. The molecule has 0 aliphatic carbocycles. The minimum atomic E-state index is -0.0608. The fourth-order valence-corrected chi connectivity index (χ4v) is 3.43. The van der Waals surface area contributed by atoms with Gasteiger partial charge >= 0.3 is 6.03 Å². The Labute approximate surface area is 118 Å². The molecule has 1 saturated heterocycles. The molecular weight excluding hydrogens is 262 g/mol. The number of hydrogen-bond acceptors (Lipinski definition) is 4. The molecule has 106 valence electrons. The third-order valence-corrected chi connectivity index (χ3v) is 4.87. The Kier molecular flexibility index (Phi) is 4.39. The zero-order valence-electron chi connectivity index (χ0n) is 11.7. The number of nitrogens with one attached hydrogen (secondary N) is 1. The van der Waals surface area contributed by atoms with E-state index in [-0.39, 0.29) is 10.8 Å². The third kappa shape index (κ3) is 3.89. The lowest BCUT2D eigenvalue weighted by molar-refractivity contribution is 0.204. The van der Waals surface area contributed by atoms with E-state index in [0.29, 0.717) is 6.54 Å². The first kappa shape index (κ1) is 14.2. The second kappa shape index (κ2) is 5.86. The van der Waals surface area contributed by atoms with Crippen molar-refractivity contribution in [3.05, 3.63) is 17.5 Å². The molecule has 0 bridgehead atoms. The monoisotopic (exact) mass is 283 g/mol. The molecule has 2 rings (SSSR count). The second-order valence-electron chi connectivity index (χ2n) is 5.35. The van der Waals surface area contributed by atoms with Crippen molar-refractivity contribution in [2.24, 2.45) is 0 Å². The molecule has 2 heterocycles. The fraction of sp³-hybridized carbons (Fsp3) is 0.692. The number of thioether (sulfide) groups is 1. The van der Waals surface area contributed by atoms with Crippen molar-refractivity contribution in [1.29, 1.82) is 0 Å². The van der Waals surface area contributed by atoms with Crippen LogP contribution in [-0.4, -0.2) is 40.2 Å². The van der Waals surface area contributed by atoms with Gasteiger partial charge < -0.3 is 14.7 Å². The highest BCUT2D eigenvalue weighted by Crippen LogP contribution is 2.36. The minimum absolute atomic E-state index is 0.0608. The van der Waals surface area contributed by atoms with Crippen LogP contribution in [0.25, 0.3) is 0 Å². The van der Waals surface area contributed by atoms with Gasteiger partial charge in [0, 0.05) is 24.4 Å². The number of nitrogens with zero attached hydrogens (tertiary/aromatic N) is 2. The molecule has 0 aromatic carbocycles. The second-order valence-corrected chi connectivity index (χ2v) is 7.03. The molecule has 1 fully saturated rings. The Morgan fingerprint density at radius 2 is 2.47 bits per heavy atom. The minimum Gasteiger partial charge on any atom is -0.361 e. The lowest BCUT2D eigenvalue weighted by atomic mass is 10.1. The molecule has 1 N–H and O–H groups in total. The van der Waals surface area contributed by atoms with Crippen molar-refractivity contribution >= 4 is 17.8 Å². The number of carbonyl (C=O) groups excluding carboxylic acids is 1. The Morgan fingerprint density at radius 1 is 1.68 bits per heavy atom. The summed E-state index contributed by atoms with van der Waals surface area (Å²) in [5, 5.41) is 6.89. The van der Waals surface area contributed by atoms with E-state index in [1.165, 1.54) is 18.6 Å². The van der Waals surface area contributed by atoms with Gasteiger partial charge in [-0.15, -0.1) is 0 Å². The van der Waals surface area contributed by atoms with Crippen LogP contribution in [0, 0.1) is 6.92 Å². The topological polar surface area (TPSA) is 58.4 Å². The van der Waals surface area contributed by atoms with E-state index >= 15 is 0 Å². The fourth-order valence-electron chi connectivity index (χ4n) is 2.18. The van der Waals surface area contributed by atoms with E-state index in [0.717, 1.165) is 18.0 Å². The maximum absolute atomic E-state index is 12.0. The predicted octanol–water partition coefficient (Wildman–Crippen LogP) is 2.41. The zero-order valence-corrected chi connectivity index (χ0v) is 12.5. The van der Waals surface area contributed by atoms with Crippen molar-refractivity contribution in [2.75, 3.05) is 19.3 Å². The van der Waals surface area contributed by atoms with E-state index in [2.05, 4.69) is 17.4 Å². The summed E-state index contributed by atoms with van der Waals surface area (Å²) in [5.41, 5.74) is 0.775. The first-order valence-corrected chi connectivity index (χ1v) is 7.52. The third-order valence-electron chi connectivity index (χ3n) is 3.34. The Hall–Kier alpha value is -1.17.